The van der Waals surface area contributed by atoms with Crippen molar-refractivity contribution in [2.24, 2.45) is 33.6 Å². The molecule has 8 atom stereocenters. The Hall–Kier alpha value is -2.39. The highest BCUT2D eigenvalue weighted by Gasteiger charge is 2.68. The summed E-state index contributed by atoms with van der Waals surface area (Å²) in [6.45, 7) is 7.18. The van der Waals surface area contributed by atoms with Gasteiger partial charge in [-0.1, -0.05) is 13.8 Å². The minimum atomic E-state index is -1.15. The number of rotatable bonds is 5. The van der Waals surface area contributed by atoms with Crippen molar-refractivity contribution in [2.45, 2.75) is 65.3 Å². The van der Waals surface area contributed by atoms with Crippen molar-refractivity contribution in [3.63, 3.8) is 0 Å². The zero-order valence-corrected chi connectivity index (χ0v) is 20.3. The molecule has 3 aliphatic carbocycles. The van der Waals surface area contributed by atoms with E-state index in [2.05, 4.69) is 4.99 Å². The van der Waals surface area contributed by atoms with E-state index in [0.29, 0.717) is 37.0 Å². The molecule has 0 spiro atoms. The van der Waals surface area contributed by atoms with Gasteiger partial charge in [0.2, 0.25) is 11.6 Å². The van der Waals surface area contributed by atoms with Crippen molar-refractivity contribution < 1.29 is 38.5 Å². The van der Waals surface area contributed by atoms with Gasteiger partial charge in [-0.25, -0.2) is 0 Å². The van der Waals surface area contributed by atoms with Crippen molar-refractivity contribution in [2.75, 3.05) is 20.3 Å². The lowest BCUT2D eigenvalue weighted by Gasteiger charge is -2.56. The highest BCUT2D eigenvalue weighted by molar-refractivity contribution is 6.46. The van der Waals surface area contributed by atoms with Crippen LogP contribution in [0.2, 0.25) is 0 Å². The lowest BCUT2D eigenvalue weighted by Crippen LogP contribution is -2.65. The second-order valence-electron chi connectivity index (χ2n) is 10.3. The first-order chi connectivity index (χ1) is 16.0. The van der Waals surface area contributed by atoms with E-state index in [1.807, 2.05) is 6.92 Å². The van der Waals surface area contributed by atoms with Gasteiger partial charge < -0.3 is 19.3 Å². The number of hydrogen-bond acceptors (Lipinski definition) is 9. The highest BCUT2D eigenvalue weighted by Crippen LogP contribution is 2.62. The zero-order valence-electron chi connectivity index (χ0n) is 20.3. The molecule has 1 saturated carbocycles. The maximum Gasteiger partial charge on any atom is 0.315 e. The van der Waals surface area contributed by atoms with Crippen LogP contribution in [0.15, 0.2) is 16.1 Å². The number of Topliss-reactive ketones (excluding diaryl/α,β-unsaturated/α-hetero) is 2. The molecule has 1 N–H and O–H groups in total. The van der Waals surface area contributed by atoms with Gasteiger partial charge in [-0.2, -0.15) is 0 Å². The first-order valence-corrected chi connectivity index (χ1v) is 11.9. The number of aliphatic hydroxyl groups is 1. The fourth-order valence-corrected chi connectivity index (χ4v) is 6.88. The molecule has 0 radical (unpaired) electrons. The van der Waals surface area contributed by atoms with Crippen molar-refractivity contribution in [3.8, 4) is 0 Å². The molecule has 0 amide bonds. The summed E-state index contributed by atoms with van der Waals surface area (Å²) >= 11 is 0. The Morgan fingerprint density at radius 2 is 1.97 bits per heavy atom. The van der Waals surface area contributed by atoms with Gasteiger partial charge in [-0.05, 0) is 37.7 Å². The van der Waals surface area contributed by atoms with E-state index in [1.165, 1.54) is 20.2 Å². The zero-order chi connectivity index (χ0) is 25.0. The third-order valence-electron chi connectivity index (χ3n) is 8.48. The number of ether oxygens (including phenoxy) is 3. The van der Waals surface area contributed by atoms with Crippen LogP contribution in [0.5, 0.6) is 0 Å². The first kappa shape index (κ1) is 24.7. The number of fused-ring (bicyclic) bond motifs is 4. The molecule has 0 aromatic rings. The van der Waals surface area contributed by atoms with E-state index >= 15 is 0 Å². The molecule has 34 heavy (non-hydrogen) atoms. The van der Waals surface area contributed by atoms with E-state index < -0.39 is 64.5 Å². The molecule has 0 aromatic carbocycles. The van der Waals surface area contributed by atoms with Crippen LogP contribution in [-0.4, -0.2) is 73.4 Å². The predicted molar refractivity (Wildman–Crippen MR) is 120 cm³/mol. The summed E-state index contributed by atoms with van der Waals surface area (Å²) in [6.07, 6.45) is 0.331. The number of aliphatic imine (C=N–C) groups is 1. The Bertz CT molecular complexity index is 985. The first-order valence-electron chi connectivity index (χ1n) is 11.9. The Labute approximate surface area is 198 Å². The number of hydrogen-bond donors (Lipinski definition) is 1. The van der Waals surface area contributed by atoms with Crippen LogP contribution in [0, 0.1) is 28.6 Å². The smallest absolute Gasteiger partial charge is 0.315 e. The van der Waals surface area contributed by atoms with Crippen LogP contribution < -0.4 is 0 Å². The lowest BCUT2D eigenvalue weighted by atomic mass is 9.49. The van der Waals surface area contributed by atoms with Gasteiger partial charge in [0.1, 0.15) is 18.1 Å². The number of aliphatic hydroxyl groups excluding tert-OH is 1. The summed E-state index contributed by atoms with van der Waals surface area (Å²) < 4.78 is 16.9. The summed E-state index contributed by atoms with van der Waals surface area (Å²) in [5.74, 6) is -4.95. The topological polar surface area (TPSA) is 129 Å². The van der Waals surface area contributed by atoms with Crippen LogP contribution in [0.25, 0.3) is 0 Å². The van der Waals surface area contributed by atoms with E-state index in [0.717, 1.165) is 0 Å². The maximum absolute atomic E-state index is 13.7. The number of methoxy groups -OCH3 is 1. The number of nitrogens with zero attached hydrogens (tertiary/aromatic N) is 1. The van der Waals surface area contributed by atoms with Gasteiger partial charge in [0, 0.05) is 43.2 Å². The highest BCUT2D eigenvalue weighted by atomic mass is 16.6. The van der Waals surface area contributed by atoms with Gasteiger partial charge in [0.25, 0.3) is 0 Å². The number of allylic oxidation sites excluding steroid dienone is 1. The molecule has 9 nitrogen and oxygen atoms in total. The number of ketones is 2. The SMILES string of the molecule is CCN=CC1C(=O)O[C@H](COC)[C@]2(C)C3=C(C(=O)C(=O)C12)[C@@H]1CC[C@H](O)[C@@]1(C)C[C@H]3OC(C)=O. The third kappa shape index (κ3) is 3.39. The number of carbonyl (C=O) groups excluding carboxylic acids is 4. The average molecular weight is 476 g/mol. The van der Waals surface area contributed by atoms with Crippen molar-refractivity contribution in [1.82, 2.24) is 0 Å². The average Bonchev–Trinajstić information content (AvgIpc) is 3.06. The van der Waals surface area contributed by atoms with E-state index in [-0.39, 0.29) is 12.5 Å². The lowest BCUT2D eigenvalue weighted by molar-refractivity contribution is -0.188. The number of carbonyl (C=O) groups is 4. The molecule has 1 aliphatic heterocycles. The van der Waals surface area contributed by atoms with Crippen molar-refractivity contribution >= 4 is 29.7 Å². The van der Waals surface area contributed by atoms with Crippen molar-refractivity contribution in [1.29, 1.82) is 0 Å². The molecule has 4 rings (SSSR count). The second kappa shape index (κ2) is 8.68. The third-order valence-corrected chi connectivity index (χ3v) is 8.48. The Balaban J connectivity index is 2.00. The van der Waals surface area contributed by atoms with E-state index in [9.17, 15) is 24.3 Å². The van der Waals surface area contributed by atoms with Crippen LogP contribution in [0.1, 0.15) is 47.0 Å². The molecule has 1 heterocycles. The van der Waals surface area contributed by atoms with Gasteiger partial charge in [-0.3, -0.25) is 24.2 Å². The Morgan fingerprint density at radius 3 is 2.59 bits per heavy atom. The fraction of sp³-hybridized carbons (Fsp3) is 0.720. The van der Waals surface area contributed by atoms with Gasteiger partial charge in [0.15, 0.2) is 0 Å². The Morgan fingerprint density at radius 1 is 1.26 bits per heavy atom. The molecule has 186 valence electrons. The fourth-order valence-electron chi connectivity index (χ4n) is 6.88. The summed E-state index contributed by atoms with van der Waals surface area (Å²) in [5, 5.41) is 10.8. The molecular weight excluding hydrogens is 442 g/mol. The molecule has 2 unspecified atom stereocenters. The predicted octanol–water partition coefficient (Wildman–Crippen LogP) is 1.45. The monoisotopic (exact) mass is 475 g/mol. The van der Waals surface area contributed by atoms with Crippen LogP contribution >= 0.6 is 0 Å². The van der Waals surface area contributed by atoms with Crippen molar-refractivity contribution in [3.05, 3.63) is 11.1 Å². The van der Waals surface area contributed by atoms with E-state index in [4.69, 9.17) is 14.2 Å². The number of cyclic esters (lactones) is 1. The summed E-state index contributed by atoms with van der Waals surface area (Å²) in [4.78, 5) is 56.7. The Kier molecular flexibility index (Phi) is 6.31. The normalized spacial score (nSPS) is 41.8. The minimum absolute atomic E-state index is 0.00593. The summed E-state index contributed by atoms with van der Waals surface area (Å²) in [7, 11) is 1.47. The van der Waals surface area contributed by atoms with Crippen LogP contribution in [-0.2, 0) is 33.4 Å². The van der Waals surface area contributed by atoms with Gasteiger partial charge >= 0.3 is 11.9 Å². The molecule has 9 heteroatoms. The van der Waals surface area contributed by atoms with Gasteiger partial charge in [-0.15, -0.1) is 0 Å². The molecule has 4 aliphatic rings. The van der Waals surface area contributed by atoms with Gasteiger partial charge in [0.05, 0.1) is 18.6 Å². The summed E-state index contributed by atoms with van der Waals surface area (Å²) in [5.41, 5.74) is -1.03. The minimum Gasteiger partial charge on any atom is -0.458 e. The van der Waals surface area contributed by atoms with E-state index in [1.54, 1.807) is 13.8 Å². The summed E-state index contributed by atoms with van der Waals surface area (Å²) in [6, 6.07) is 0. The molecule has 0 aromatic heterocycles. The largest absolute Gasteiger partial charge is 0.458 e. The van der Waals surface area contributed by atoms with Crippen LogP contribution in [0.3, 0.4) is 0 Å². The molecular formula is C25H33NO8. The molecule has 2 fully saturated rings. The van der Waals surface area contributed by atoms with Crippen LogP contribution in [0.4, 0.5) is 0 Å². The second-order valence-corrected chi connectivity index (χ2v) is 10.3. The number of esters is 2. The maximum atomic E-state index is 13.7. The quantitative estimate of drug-likeness (QED) is 0.359. The standard InChI is InChI=1S/C25H33NO8/c1-6-26-10-13-19-22(30)21(29)18-14-7-8-16(28)24(14,3)9-15(33-12(2)27)20(18)25(19,4)17(11-32-5)34-23(13)31/h10,13-17,19,28H,6-9,11H2,1-5H3/t13?,14-,15+,16-,17+,19?,24-,25-/m0/s1. The molecule has 0 bridgehead atoms. The molecule has 1 saturated heterocycles.